The average molecular weight is 184 g/mol. The number of rotatable bonds is 3. The zero-order valence-corrected chi connectivity index (χ0v) is 8.62. The second kappa shape index (κ2) is 4.23. The van der Waals surface area contributed by atoms with Crippen molar-refractivity contribution < 1.29 is 9.90 Å². The van der Waals surface area contributed by atoms with Gasteiger partial charge in [-0.3, -0.25) is 0 Å². The van der Waals surface area contributed by atoms with E-state index in [-0.39, 0.29) is 0 Å². The summed E-state index contributed by atoms with van der Waals surface area (Å²) in [6.45, 7) is 4.38. The van der Waals surface area contributed by atoms with Crippen molar-refractivity contribution in [2.24, 2.45) is 11.8 Å². The quantitative estimate of drug-likeness (QED) is 0.682. The normalized spacial score (nSPS) is 34.9. The van der Waals surface area contributed by atoms with Crippen LogP contribution < -0.4 is 0 Å². The monoisotopic (exact) mass is 184 g/mol. The van der Waals surface area contributed by atoms with Crippen molar-refractivity contribution in [3.05, 3.63) is 0 Å². The minimum absolute atomic E-state index is 0.316. The summed E-state index contributed by atoms with van der Waals surface area (Å²) in [7, 11) is 0. The van der Waals surface area contributed by atoms with Crippen LogP contribution in [0.5, 0.6) is 0 Å². The van der Waals surface area contributed by atoms with Gasteiger partial charge in [-0.1, -0.05) is 20.3 Å². The van der Waals surface area contributed by atoms with E-state index in [0.29, 0.717) is 18.3 Å². The predicted molar refractivity (Wildman–Crippen MR) is 52.4 cm³/mol. The summed E-state index contributed by atoms with van der Waals surface area (Å²) in [5.74, 6) is 1.22. The molecule has 0 aromatic rings. The van der Waals surface area contributed by atoms with Crippen molar-refractivity contribution in [1.29, 1.82) is 0 Å². The zero-order valence-electron chi connectivity index (χ0n) is 8.62. The summed E-state index contributed by atoms with van der Waals surface area (Å²) in [5.41, 5.74) is -0.686. The molecule has 0 saturated heterocycles. The first-order valence-corrected chi connectivity index (χ1v) is 5.23. The van der Waals surface area contributed by atoms with Crippen molar-refractivity contribution in [2.75, 3.05) is 0 Å². The maximum Gasteiger partial charge on any atom is 0.122 e. The van der Waals surface area contributed by atoms with E-state index in [1.54, 1.807) is 0 Å². The highest BCUT2D eigenvalue weighted by Gasteiger charge is 2.34. The fourth-order valence-corrected chi connectivity index (χ4v) is 2.30. The Morgan fingerprint density at radius 3 is 2.85 bits per heavy atom. The predicted octanol–water partition coefficient (Wildman–Crippen LogP) is 2.15. The minimum Gasteiger partial charge on any atom is -0.389 e. The molecule has 0 bridgehead atoms. The largest absolute Gasteiger partial charge is 0.389 e. The summed E-state index contributed by atoms with van der Waals surface area (Å²) in [6, 6.07) is 0. The molecule has 1 N–H and O–H groups in total. The van der Waals surface area contributed by atoms with E-state index in [2.05, 4.69) is 13.8 Å². The summed E-state index contributed by atoms with van der Waals surface area (Å²) in [5, 5.41) is 10.1. The molecule has 0 aliphatic heterocycles. The van der Waals surface area contributed by atoms with Crippen LogP contribution in [0, 0.1) is 11.8 Å². The van der Waals surface area contributed by atoms with Crippen LogP contribution in [0.25, 0.3) is 0 Å². The smallest absolute Gasteiger partial charge is 0.122 e. The Labute approximate surface area is 80.3 Å². The lowest BCUT2D eigenvalue weighted by Crippen LogP contribution is -2.37. The van der Waals surface area contributed by atoms with Gasteiger partial charge >= 0.3 is 0 Å². The van der Waals surface area contributed by atoms with Crippen molar-refractivity contribution in [2.45, 2.75) is 51.6 Å². The zero-order chi connectivity index (χ0) is 9.90. The van der Waals surface area contributed by atoms with E-state index in [0.717, 1.165) is 25.5 Å². The fraction of sp³-hybridized carbons (Fsp3) is 0.909. The Bertz CT molecular complexity index is 177. The van der Waals surface area contributed by atoms with Crippen LogP contribution in [0.3, 0.4) is 0 Å². The van der Waals surface area contributed by atoms with Gasteiger partial charge in [0.15, 0.2) is 0 Å². The van der Waals surface area contributed by atoms with Gasteiger partial charge in [-0.25, -0.2) is 0 Å². The molecule has 2 unspecified atom stereocenters. The highest BCUT2D eigenvalue weighted by Crippen LogP contribution is 2.37. The van der Waals surface area contributed by atoms with Gasteiger partial charge < -0.3 is 9.90 Å². The second-order valence-corrected chi connectivity index (χ2v) is 4.70. The molecule has 2 atom stereocenters. The molecule has 1 aliphatic rings. The highest BCUT2D eigenvalue weighted by atomic mass is 16.3. The van der Waals surface area contributed by atoms with Crippen molar-refractivity contribution in [1.82, 2.24) is 0 Å². The Morgan fingerprint density at radius 1 is 1.62 bits per heavy atom. The highest BCUT2D eigenvalue weighted by molar-refractivity contribution is 5.51. The number of hydrogen-bond acceptors (Lipinski definition) is 2. The summed E-state index contributed by atoms with van der Waals surface area (Å²) in [4.78, 5) is 10.4. The Balaban J connectivity index is 2.54. The van der Waals surface area contributed by atoms with Crippen LogP contribution in [-0.4, -0.2) is 17.0 Å². The Hall–Kier alpha value is -0.370. The lowest BCUT2D eigenvalue weighted by atomic mass is 9.72. The number of carbonyl (C=O) groups is 1. The van der Waals surface area contributed by atoms with Crippen LogP contribution in [-0.2, 0) is 4.79 Å². The summed E-state index contributed by atoms with van der Waals surface area (Å²) >= 11 is 0. The molecule has 0 radical (unpaired) electrons. The van der Waals surface area contributed by atoms with E-state index < -0.39 is 5.60 Å². The molecular weight excluding hydrogens is 164 g/mol. The van der Waals surface area contributed by atoms with E-state index in [1.807, 2.05) is 0 Å². The first kappa shape index (κ1) is 10.7. The standard InChI is InChI=1S/C11H20O2/c1-9(2)10-4-3-5-11(13,8-10)6-7-12/h7,9-10,13H,3-6,8H2,1-2H3. The number of hydrogen-bond donors (Lipinski definition) is 1. The van der Waals surface area contributed by atoms with E-state index in [9.17, 15) is 9.90 Å². The Morgan fingerprint density at radius 2 is 2.31 bits per heavy atom. The Kier molecular flexibility index (Phi) is 3.48. The van der Waals surface area contributed by atoms with Crippen LogP contribution in [0.2, 0.25) is 0 Å². The molecule has 2 nitrogen and oxygen atoms in total. The summed E-state index contributed by atoms with van der Waals surface area (Å²) in [6.07, 6.45) is 5.04. The lowest BCUT2D eigenvalue weighted by molar-refractivity contribution is -0.114. The van der Waals surface area contributed by atoms with Crippen molar-refractivity contribution in [3.8, 4) is 0 Å². The van der Waals surface area contributed by atoms with E-state index in [4.69, 9.17) is 0 Å². The molecule has 1 rings (SSSR count). The molecule has 0 aromatic heterocycles. The molecule has 0 aromatic carbocycles. The maximum atomic E-state index is 10.4. The third kappa shape index (κ3) is 2.80. The van der Waals surface area contributed by atoms with Crippen LogP contribution in [0.1, 0.15) is 46.0 Å². The third-order valence-electron chi connectivity index (χ3n) is 3.27. The van der Waals surface area contributed by atoms with Gasteiger partial charge in [0.2, 0.25) is 0 Å². The van der Waals surface area contributed by atoms with Gasteiger partial charge in [-0.15, -0.1) is 0 Å². The molecule has 0 amide bonds. The SMILES string of the molecule is CC(C)C1CCCC(O)(CC=O)C1. The fourth-order valence-electron chi connectivity index (χ4n) is 2.30. The lowest BCUT2D eigenvalue weighted by Gasteiger charge is -2.37. The van der Waals surface area contributed by atoms with Crippen molar-refractivity contribution in [3.63, 3.8) is 0 Å². The minimum atomic E-state index is -0.686. The van der Waals surface area contributed by atoms with Gasteiger partial charge in [0.25, 0.3) is 0 Å². The third-order valence-corrected chi connectivity index (χ3v) is 3.27. The van der Waals surface area contributed by atoms with Gasteiger partial charge in [0.1, 0.15) is 6.29 Å². The second-order valence-electron chi connectivity index (χ2n) is 4.70. The molecule has 1 saturated carbocycles. The van der Waals surface area contributed by atoms with Gasteiger partial charge in [0.05, 0.1) is 5.60 Å². The molecule has 13 heavy (non-hydrogen) atoms. The average Bonchev–Trinajstić information content (AvgIpc) is 2.04. The first-order chi connectivity index (χ1) is 6.07. The molecule has 2 heteroatoms. The molecule has 0 heterocycles. The van der Waals surface area contributed by atoms with Crippen LogP contribution in [0.15, 0.2) is 0 Å². The molecule has 0 spiro atoms. The van der Waals surface area contributed by atoms with Crippen LogP contribution >= 0.6 is 0 Å². The maximum absolute atomic E-state index is 10.4. The van der Waals surface area contributed by atoms with Crippen molar-refractivity contribution >= 4 is 6.29 Å². The first-order valence-electron chi connectivity index (χ1n) is 5.23. The van der Waals surface area contributed by atoms with E-state index in [1.165, 1.54) is 6.42 Å². The topological polar surface area (TPSA) is 37.3 Å². The summed E-state index contributed by atoms with van der Waals surface area (Å²) < 4.78 is 0. The van der Waals surface area contributed by atoms with Gasteiger partial charge in [-0.2, -0.15) is 0 Å². The number of aliphatic hydroxyl groups is 1. The van der Waals surface area contributed by atoms with E-state index >= 15 is 0 Å². The van der Waals surface area contributed by atoms with Crippen LogP contribution in [0.4, 0.5) is 0 Å². The van der Waals surface area contributed by atoms with Gasteiger partial charge in [0, 0.05) is 6.42 Å². The molecule has 1 aliphatic carbocycles. The number of carbonyl (C=O) groups excluding carboxylic acids is 1. The molecular formula is C11H20O2. The molecule has 1 fully saturated rings. The molecule has 76 valence electrons. The van der Waals surface area contributed by atoms with Gasteiger partial charge in [-0.05, 0) is 31.1 Å². The number of aldehydes is 1.